The molecular formula is C19H20N2O4. The van der Waals surface area contributed by atoms with Crippen LogP contribution in [0.15, 0.2) is 23.0 Å². The minimum absolute atomic E-state index is 0.0736. The molecule has 1 aromatic heterocycles. The molecule has 1 heterocycles. The number of hydrogen-bond donors (Lipinski definition) is 1. The Bertz CT molecular complexity index is 931. The highest BCUT2D eigenvalue weighted by molar-refractivity contribution is 6.03. The van der Waals surface area contributed by atoms with E-state index in [1.54, 1.807) is 13.0 Å². The first kappa shape index (κ1) is 18.3. The van der Waals surface area contributed by atoms with E-state index in [2.05, 4.69) is 0 Å². The first-order chi connectivity index (χ1) is 11.7. The molecule has 0 saturated heterocycles. The second-order valence-corrected chi connectivity index (χ2v) is 6.12. The molecule has 2 rings (SSSR count). The Morgan fingerprint density at radius 2 is 1.80 bits per heavy atom. The number of nitriles is 1. The van der Waals surface area contributed by atoms with Crippen molar-refractivity contribution in [3.05, 3.63) is 56.4 Å². The van der Waals surface area contributed by atoms with E-state index in [4.69, 9.17) is 10.00 Å². The van der Waals surface area contributed by atoms with Gasteiger partial charge in [0, 0.05) is 7.05 Å². The fraction of sp³-hybridized carbons (Fsp3) is 0.316. The van der Waals surface area contributed by atoms with Crippen molar-refractivity contribution in [3.63, 3.8) is 0 Å². The van der Waals surface area contributed by atoms with Crippen LogP contribution in [0.1, 0.15) is 39.5 Å². The molecule has 0 bridgehead atoms. The van der Waals surface area contributed by atoms with Crippen molar-refractivity contribution < 1.29 is 14.6 Å². The van der Waals surface area contributed by atoms with Crippen LogP contribution >= 0.6 is 0 Å². The summed E-state index contributed by atoms with van der Waals surface area (Å²) in [4.78, 5) is 24.8. The van der Waals surface area contributed by atoms with Crippen LogP contribution in [0.2, 0.25) is 0 Å². The van der Waals surface area contributed by atoms with E-state index in [9.17, 15) is 14.7 Å². The lowest BCUT2D eigenvalue weighted by molar-refractivity contribution is 0.0812. The molecule has 0 aliphatic heterocycles. The van der Waals surface area contributed by atoms with E-state index >= 15 is 0 Å². The summed E-state index contributed by atoms with van der Waals surface area (Å²) in [6.07, 6.45) is -0.894. The van der Waals surface area contributed by atoms with Crippen molar-refractivity contribution in [3.8, 4) is 17.7 Å². The maximum atomic E-state index is 12.8. The highest BCUT2D eigenvalue weighted by Gasteiger charge is 2.27. The summed E-state index contributed by atoms with van der Waals surface area (Å²) in [5, 5.41) is 19.4. The number of Topliss-reactive ketones (excluding diaryl/α,β-unsaturated/α-hetero) is 1. The summed E-state index contributed by atoms with van der Waals surface area (Å²) in [6.45, 7) is 6.88. The predicted octanol–water partition coefficient (Wildman–Crippen LogP) is 2.54. The molecule has 0 radical (unpaired) electrons. The van der Waals surface area contributed by atoms with E-state index in [1.807, 2.05) is 32.0 Å². The van der Waals surface area contributed by atoms with Crippen LogP contribution in [0.5, 0.6) is 11.6 Å². The maximum absolute atomic E-state index is 12.8. The lowest BCUT2D eigenvalue weighted by atomic mass is 9.99. The molecule has 0 saturated carbocycles. The molecule has 1 unspecified atom stereocenters. The van der Waals surface area contributed by atoms with E-state index in [-0.39, 0.29) is 16.7 Å². The van der Waals surface area contributed by atoms with Crippen molar-refractivity contribution in [2.75, 3.05) is 0 Å². The van der Waals surface area contributed by atoms with Crippen molar-refractivity contribution in [2.24, 2.45) is 7.05 Å². The van der Waals surface area contributed by atoms with Crippen molar-refractivity contribution >= 4 is 5.78 Å². The number of aromatic hydroxyl groups is 1. The fourth-order valence-electron chi connectivity index (χ4n) is 2.77. The van der Waals surface area contributed by atoms with Crippen molar-refractivity contribution in [2.45, 2.75) is 33.8 Å². The van der Waals surface area contributed by atoms with Crippen LogP contribution in [-0.4, -0.2) is 21.6 Å². The molecule has 1 atom stereocenters. The summed E-state index contributed by atoms with van der Waals surface area (Å²) in [6, 6.07) is 7.40. The molecule has 130 valence electrons. The number of aryl methyl sites for hydroxylation is 2. The number of carbonyl (C=O) groups is 1. The normalized spacial score (nSPS) is 11.7. The Hall–Kier alpha value is -3.07. The maximum Gasteiger partial charge on any atom is 0.271 e. The minimum atomic E-state index is -0.894. The second-order valence-electron chi connectivity index (χ2n) is 6.12. The van der Waals surface area contributed by atoms with Gasteiger partial charge in [-0.05, 0) is 56.5 Å². The van der Waals surface area contributed by atoms with E-state index in [0.29, 0.717) is 5.75 Å². The zero-order chi connectivity index (χ0) is 18.9. The van der Waals surface area contributed by atoms with Crippen LogP contribution in [0, 0.1) is 32.1 Å². The monoisotopic (exact) mass is 340 g/mol. The summed E-state index contributed by atoms with van der Waals surface area (Å²) >= 11 is 0. The van der Waals surface area contributed by atoms with Gasteiger partial charge in [0.15, 0.2) is 6.10 Å². The van der Waals surface area contributed by atoms with Gasteiger partial charge in [0.05, 0.1) is 5.56 Å². The topological polar surface area (TPSA) is 92.3 Å². The number of rotatable bonds is 4. The Balaban J connectivity index is 2.45. The predicted molar refractivity (Wildman–Crippen MR) is 93.1 cm³/mol. The number of ketones is 1. The number of ether oxygens (including phenoxy) is 1. The lowest BCUT2D eigenvalue weighted by Gasteiger charge is -2.18. The molecule has 25 heavy (non-hydrogen) atoms. The third-order valence-electron chi connectivity index (χ3n) is 4.05. The largest absolute Gasteiger partial charge is 0.494 e. The average Bonchev–Trinajstić information content (AvgIpc) is 2.52. The number of nitrogens with zero attached hydrogens (tertiary/aromatic N) is 2. The van der Waals surface area contributed by atoms with Crippen molar-refractivity contribution in [1.82, 2.24) is 4.57 Å². The van der Waals surface area contributed by atoms with Gasteiger partial charge in [0.2, 0.25) is 11.7 Å². The number of pyridine rings is 1. The SMILES string of the molecule is Cc1cc(C)cc(OC(C)C(=O)c2c(C)c(C#N)c(=O)n(C)c2O)c1. The standard InChI is InChI=1S/C19H20N2O4/c1-10-6-11(2)8-14(7-10)25-13(4)17(22)16-12(3)15(9-20)18(23)21(5)19(16)24/h6-8,13,24H,1-5H3. The van der Waals surface area contributed by atoms with Crippen LogP contribution in [0.3, 0.4) is 0 Å². The summed E-state index contributed by atoms with van der Waals surface area (Å²) in [5.41, 5.74) is 1.28. The van der Waals surface area contributed by atoms with Gasteiger partial charge in [-0.25, -0.2) is 0 Å². The minimum Gasteiger partial charge on any atom is -0.494 e. The molecule has 1 N–H and O–H groups in total. The number of carbonyl (C=O) groups excluding carboxylic acids is 1. The number of aromatic nitrogens is 1. The second kappa shape index (κ2) is 6.81. The van der Waals surface area contributed by atoms with Gasteiger partial charge in [-0.2, -0.15) is 5.26 Å². The smallest absolute Gasteiger partial charge is 0.271 e. The highest BCUT2D eigenvalue weighted by atomic mass is 16.5. The summed E-state index contributed by atoms with van der Waals surface area (Å²) in [7, 11) is 1.31. The Morgan fingerprint density at radius 3 is 2.32 bits per heavy atom. The van der Waals surface area contributed by atoms with Gasteiger partial charge in [0.25, 0.3) is 5.56 Å². The number of hydrogen-bond acceptors (Lipinski definition) is 5. The lowest BCUT2D eigenvalue weighted by Crippen LogP contribution is -2.29. The van der Waals surface area contributed by atoms with Crippen LogP contribution < -0.4 is 10.3 Å². The van der Waals surface area contributed by atoms with E-state index < -0.39 is 23.3 Å². The summed E-state index contributed by atoms with van der Waals surface area (Å²) < 4.78 is 6.61. The van der Waals surface area contributed by atoms with E-state index in [1.165, 1.54) is 14.0 Å². The molecule has 6 heteroatoms. The molecule has 1 aromatic carbocycles. The van der Waals surface area contributed by atoms with E-state index in [0.717, 1.165) is 15.7 Å². The van der Waals surface area contributed by atoms with Gasteiger partial charge in [-0.3, -0.25) is 14.2 Å². The average molecular weight is 340 g/mol. The molecule has 2 aromatic rings. The summed E-state index contributed by atoms with van der Waals surface area (Å²) in [5.74, 6) is -0.426. The molecule has 0 spiro atoms. The van der Waals surface area contributed by atoms with Gasteiger partial charge in [0.1, 0.15) is 17.4 Å². The van der Waals surface area contributed by atoms with Crippen LogP contribution in [0.25, 0.3) is 0 Å². The van der Waals surface area contributed by atoms with Crippen LogP contribution in [0.4, 0.5) is 0 Å². The number of benzene rings is 1. The Morgan fingerprint density at radius 1 is 1.24 bits per heavy atom. The molecule has 0 aliphatic rings. The molecule has 6 nitrogen and oxygen atoms in total. The Labute approximate surface area is 145 Å². The van der Waals surface area contributed by atoms with Crippen LogP contribution in [-0.2, 0) is 7.05 Å². The quantitative estimate of drug-likeness (QED) is 0.864. The molecule has 0 aliphatic carbocycles. The highest BCUT2D eigenvalue weighted by Crippen LogP contribution is 2.25. The van der Waals surface area contributed by atoms with Gasteiger partial charge in [-0.15, -0.1) is 0 Å². The first-order valence-electron chi connectivity index (χ1n) is 7.79. The molecule has 0 amide bonds. The fourth-order valence-corrected chi connectivity index (χ4v) is 2.77. The third kappa shape index (κ3) is 3.41. The van der Waals surface area contributed by atoms with Gasteiger partial charge >= 0.3 is 0 Å². The third-order valence-corrected chi connectivity index (χ3v) is 4.05. The molecule has 0 fully saturated rings. The van der Waals surface area contributed by atoms with Crippen molar-refractivity contribution in [1.29, 1.82) is 5.26 Å². The zero-order valence-corrected chi connectivity index (χ0v) is 14.9. The molecular weight excluding hydrogens is 320 g/mol. The first-order valence-corrected chi connectivity index (χ1v) is 7.79. The Kier molecular flexibility index (Phi) is 4.98. The van der Waals surface area contributed by atoms with Gasteiger partial charge in [-0.1, -0.05) is 6.07 Å². The zero-order valence-electron chi connectivity index (χ0n) is 14.9. The van der Waals surface area contributed by atoms with Gasteiger partial charge < -0.3 is 9.84 Å².